The maximum Gasteiger partial charge on any atom is 0.352 e. The van der Waals surface area contributed by atoms with Crippen LogP contribution < -0.4 is 11.2 Å². The molecule has 0 aliphatic carbocycles. The number of nitrogens with zero attached hydrogens (tertiary/aromatic N) is 5. The van der Waals surface area contributed by atoms with Crippen LogP contribution in [0.2, 0.25) is 0 Å². The normalized spacial score (nSPS) is 11.2. The minimum Gasteiger partial charge on any atom is -0.325 e. The fourth-order valence-electron chi connectivity index (χ4n) is 3.32. The van der Waals surface area contributed by atoms with Crippen LogP contribution in [-0.4, -0.2) is 24.9 Å². The number of hydrogen-bond acceptors (Lipinski definition) is 6. The van der Waals surface area contributed by atoms with Crippen LogP contribution in [0.3, 0.4) is 0 Å². The van der Waals surface area contributed by atoms with Crippen LogP contribution in [-0.2, 0) is 13.6 Å². The Bertz CT molecular complexity index is 1110. The molecule has 3 rings (SSSR count). The molecule has 1 aromatic rings. The Hall–Kier alpha value is -2.66. The molecule has 0 saturated carbocycles. The van der Waals surface area contributed by atoms with Crippen LogP contribution in [0, 0.1) is 11.3 Å². The second kappa shape index (κ2) is 9.02. The first kappa shape index (κ1) is 20.1. The van der Waals surface area contributed by atoms with E-state index in [1.165, 1.54) is 4.57 Å². The van der Waals surface area contributed by atoms with Gasteiger partial charge in [-0.2, -0.15) is 22.9 Å². The van der Waals surface area contributed by atoms with E-state index in [0.29, 0.717) is 23.1 Å². The van der Waals surface area contributed by atoms with Gasteiger partial charge in [-0.25, -0.2) is 9.78 Å². The number of benzene rings is 1. The van der Waals surface area contributed by atoms with Crippen LogP contribution in [0.25, 0.3) is 22.6 Å². The SMILES string of the molecule is Cn1c2nc(=O)n(CCCCCCCCS)c(=O)c-2nc2ccc(C#N)cc21. The van der Waals surface area contributed by atoms with Crippen molar-refractivity contribution < 1.29 is 0 Å². The standard InChI is InChI=1S/C20H23N5O2S/c1-24-16-12-14(13-21)8-9-15(16)22-17-18(24)23-20(27)25(19(17)26)10-6-4-2-3-5-7-11-28/h8-9,12,28H,2-7,10-11H2,1H3. The summed E-state index contributed by atoms with van der Waals surface area (Å²) in [5.74, 6) is 1.15. The quantitative estimate of drug-likeness (QED) is 0.358. The monoisotopic (exact) mass is 397 g/mol. The van der Waals surface area contributed by atoms with E-state index in [1.807, 2.05) is 0 Å². The fourth-order valence-corrected chi connectivity index (χ4v) is 3.55. The van der Waals surface area contributed by atoms with Gasteiger partial charge in [0.2, 0.25) is 0 Å². The van der Waals surface area contributed by atoms with Crippen molar-refractivity contribution in [2.75, 3.05) is 5.75 Å². The molecule has 0 bridgehead atoms. The molecule has 7 nitrogen and oxygen atoms in total. The maximum absolute atomic E-state index is 12.9. The topological polar surface area (TPSA) is 93.6 Å². The minimum atomic E-state index is -0.555. The van der Waals surface area contributed by atoms with Crippen LogP contribution in [0.15, 0.2) is 27.8 Å². The van der Waals surface area contributed by atoms with Crippen LogP contribution in [0.1, 0.15) is 44.1 Å². The molecule has 1 aromatic carbocycles. The van der Waals surface area contributed by atoms with Crippen molar-refractivity contribution in [3.05, 3.63) is 44.6 Å². The number of nitriles is 1. The number of hydrogen-bond donors (Lipinski definition) is 1. The Balaban J connectivity index is 1.89. The van der Waals surface area contributed by atoms with Gasteiger partial charge >= 0.3 is 5.69 Å². The summed E-state index contributed by atoms with van der Waals surface area (Å²) in [4.78, 5) is 33.8. The summed E-state index contributed by atoms with van der Waals surface area (Å²) in [5.41, 5.74) is 0.925. The largest absolute Gasteiger partial charge is 0.352 e. The summed E-state index contributed by atoms with van der Waals surface area (Å²) < 4.78 is 2.83. The lowest BCUT2D eigenvalue weighted by molar-refractivity contribution is 0.533. The molecule has 0 unspecified atom stereocenters. The molecule has 0 saturated heterocycles. The third-order valence-electron chi connectivity index (χ3n) is 4.90. The molecule has 0 spiro atoms. The van der Waals surface area contributed by atoms with E-state index in [-0.39, 0.29) is 11.5 Å². The first-order valence-corrected chi connectivity index (χ1v) is 10.1. The van der Waals surface area contributed by atoms with E-state index in [1.54, 1.807) is 29.8 Å². The third-order valence-corrected chi connectivity index (χ3v) is 5.21. The van der Waals surface area contributed by atoms with Crippen molar-refractivity contribution in [3.63, 3.8) is 0 Å². The van der Waals surface area contributed by atoms with Crippen molar-refractivity contribution in [1.82, 2.24) is 19.1 Å². The second-order valence-corrected chi connectivity index (χ2v) is 7.30. The molecule has 0 aromatic heterocycles. The molecule has 0 radical (unpaired) electrons. The molecular formula is C20H23N5O2S. The highest BCUT2D eigenvalue weighted by molar-refractivity contribution is 7.80. The van der Waals surface area contributed by atoms with Crippen molar-refractivity contribution in [2.24, 2.45) is 7.05 Å². The summed E-state index contributed by atoms with van der Waals surface area (Å²) in [6.45, 7) is 0.351. The number of aryl methyl sites for hydroxylation is 1. The molecule has 2 aliphatic heterocycles. The minimum absolute atomic E-state index is 0.174. The molecule has 146 valence electrons. The lowest BCUT2D eigenvalue weighted by Crippen LogP contribution is -2.38. The zero-order valence-electron chi connectivity index (χ0n) is 15.9. The zero-order chi connectivity index (χ0) is 20.1. The highest BCUT2D eigenvalue weighted by Gasteiger charge is 2.20. The number of unbranched alkanes of at least 4 members (excludes halogenated alkanes) is 5. The Morgan fingerprint density at radius 2 is 1.79 bits per heavy atom. The zero-order valence-corrected chi connectivity index (χ0v) is 16.8. The summed E-state index contributed by atoms with van der Waals surface area (Å²) in [6.07, 6.45) is 6.23. The maximum atomic E-state index is 12.9. The fraction of sp³-hybridized carbons (Fsp3) is 0.450. The Kier molecular flexibility index (Phi) is 6.47. The highest BCUT2D eigenvalue weighted by Crippen LogP contribution is 2.20. The summed E-state index contributed by atoms with van der Waals surface area (Å²) >= 11 is 4.20. The van der Waals surface area contributed by atoms with Crippen LogP contribution in [0.4, 0.5) is 0 Å². The van der Waals surface area contributed by atoms with Gasteiger partial charge in [0.25, 0.3) is 5.56 Å². The van der Waals surface area contributed by atoms with E-state index >= 15 is 0 Å². The van der Waals surface area contributed by atoms with Crippen LogP contribution >= 0.6 is 12.6 Å². The molecule has 0 amide bonds. The Morgan fingerprint density at radius 3 is 2.50 bits per heavy atom. The average Bonchev–Trinajstić information content (AvgIpc) is 2.70. The third kappa shape index (κ3) is 4.09. The predicted molar refractivity (Wildman–Crippen MR) is 112 cm³/mol. The first-order chi connectivity index (χ1) is 13.6. The van der Waals surface area contributed by atoms with E-state index in [4.69, 9.17) is 5.26 Å². The van der Waals surface area contributed by atoms with Gasteiger partial charge in [-0.05, 0) is 36.8 Å². The molecule has 0 atom stereocenters. The summed E-state index contributed by atoms with van der Waals surface area (Å²) in [6, 6.07) is 7.11. The van der Waals surface area contributed by atoms with Gasteiger partial charge < -0.3 is 4.57 Å². The van der Waals surface area contributed by atoms with Gasteiger partial charge in [0.15, 0.2) is 11.5 Å². The average molecular weight is 398 g/mol. The lowest BCUT2D eigenvalue weighted by Gasteiger charge is -2.14. The van der Waals surface area contributed by atoms with Crippen molar-refractivity contribution in [2.45, 2.75) is 45.1 Å². The van der Waals surface area contributed by atoms with Crippen LogP contribution in [0.5, 0.6) is 0 Å². The predicted octanol–water partition coefficient (Wildman–Crippen LogP) is 2.74. The van der Waals surface area contributed by atoms with Crippen molar-refractivity contribution >= 4 is 23.7 Å². The Morgan fingerprint density at radius 1 is 1.07 bits per heavy atom. The summed E-state index contributed by atoms with van der Waals surface area (Å²) in [5, 5.41) is 9.09. The highest BCUT2D eigenvalue weighted by atomic mass is 32.1. The summed E-state index contributed by atoms with van der Waals surface area (Å²) in [7, 11) is 1.72. The van der Waals surface area contributed by atoms with Gasteiger partial charge in [0.05, 0.1) is 22.7 Å². The van der Waals surface area contributed by atoms with E-state index < -0.39 is 11.2 Å². The first-order valence-electron chi connectivity index (χ1n) is 9.49. The second-order valence-electron chi connectivity index (χ2n) is 6.85. The van der Waals surface area contributed by atoms with E-state index in [0.717, 1.165) is 44.3 Å². The van der Waals surface area contributed by atoms with Gasteiger partial charge in [0.1, 0.15) is 0 Å². The van der Waals surface area contributed by atoms with Gasteiger partial charge in [-0.1, -0.05) is 25.7 Å². The van der Waals surface area contributed by atoms with E-state index in [2.05, 4.69) is 28.7 Å². The number of aromatic nitrogens is 4. The Labute approximate surface area is 168 Å². The van der Waals surface area contributed by atoms with Gasteiger partial charge in [-0.3, -0.25) is 9.36 Å². The number of fused-ring (bicyclic) bond motifs is 2. The van der Waals surface area contributed by atoms with E-state index in [9.17, 15) is 9.59 Å². The molecule has 2 heterocycles. The molecule has 28 heavy (non-hydrogen) atoms. The molecule has 8 heteroatoms. The number of thiol groups is 1. The van der Waals surface area contributed by atoms with Gasteiger partial charge in [-0.15, -0.1) is 0 Å². The van der Waals surface area contributed by atoms with Gasteiger partial charge in [0, 0.05) is 13.6 Å². The molecule has 0 N–H and O–H groups in total. The van der Waals surface area contributed by atoms with Crippen molar-refractivity contribution in [1.29, 1.82) is 5.26 Å². The lowest BCUT2D eigenvalue weighted by atomic mass is 10.1. The molecular weight excluding hydrogens is 374 g/mol. The van der Waals surface area contributed by atoms with Crippen molar-refractivity contribution in [3.8, 4) is 17.6 Å². The molecule has 0 fully saturated rings. The molecule has 2 aliphatic rings. The number of rotatable bonds is 8. The smallest absolute Gasteiger partial charge is 0.325 e.